The molecular weight excluding hydrogens is 526 g/mol. The molecule has 3 heterocycles. The minimum Gasteiger partial charge on any atom is -0.397 e. The van der Waals surface area contributed by atoms with Crippen LogP contribution in [0.5, 0.6) is 0 Å². The maximum absolute atomic E-state index is 12.8. The first-order valence-corrected chi connectivity index (χ1v) is 15.1. The number of para-hydroxylation sites is 2. The van der Waals surface area contributed by atoms with Crippen molar-refractivity contribution >= 4 is 62.1 Å². The van der Waals surface area contributed by atoms with E-state index in [1.165, 1.54) is 25.7 Å². The molecule has 6 rings (SSSR count). The molecular formula is C33H39N7O2. The van der Waals surface area contributed by atoms with Crippen molar-refractivity contribution in [3.05, 3.63) is 60.7 Å². The van der Waals surface area contributed by atoms with Gasteiger partial charge >= 0.3 is 0 Å². The van der Waals surface area contributed by atoms with Gasteiger partial charge in [-0.15, -0.1) is 0 Å². The maximum atomic E-state index is 12.8. The Morgan fingerprint density at radius 2 is 1.31 bits per heavy atom. The average molecular weight is 566 g/mol. The van der Waals surface area contributed by atoms with Gasteiger partial charge in [0.15, 0.2) is 0 Å². The van der Waals surface area contributed by atoms with E-state index in [1.807, 2.05) is 60.7 Å². The van der Waals surface area contributed by atoms with Crippen molar-refractivity contribution < 1.29 is 9.59 Å². The minimum absolute atomic E-state index is 0.00178. The fourth-order valence-electron chi connectivity index (χ4n) is 5.96. The van der Waals surface area contributed by atoms with Gasteiger partial charge in [-0.05, 0) is 100 Å². The number of nitrogens with one attached hydrogen (secondary N) is 3. The van der Waals surface area contributed by atoms with Gasteiger partial charge in [0.05, 0.1) is 28.1 Å². The largest absolute Gasteiger partial charge is 0.397 e. The van der Waals surface area contributed by atoms with E-state index in [1.54, 1.807) is 0 Å². The van der Waals surface area contributed by atoms with Crippen LogP contribution < -0.4 is 21.7 Å². The van der Waals surface area contributed by atoms with E-state index in [-0.39, 0.29) is 11.8 Å². The van der Waals surface area contributed by atoms with E-state index < -0.39 is 0 Å². The van der Waals surface area contributed by atoms with Crippen LogP contribution in [0.1, 0.15) is 38.5 Å². The fourth-order valence-corrected chi connectivity index (χ4v) is 5.96. The van der Waals surface area contributed by atoms with Crippen molar-refractivity contribution in [3.63, 3.8) is 0 Å². The molecule has 0 aliphatic carbocycles. The third kappa shape index (κ3) is 6.64. The standard InChI is InChI=1S/C33H39N7O2/c34-27-7-1-2-8-29(27)38-33-25-11-9-24(36-32(42)14-20-40-17-5-6-18-40)22-30(25)37-28-12-10-23(21-26(28)33)35-31(41)13-19-39-15-3-4-16-39/h1-2,7-12,21-22H,3-6,13-20,34H2,(H,35,41)(H,36,42)(H,37,38). The SMILES string of the molecule is Nc1ccccc1Nc1c2ccc(NC(=O)CCN3CCCC3)cc2nc2ccc(NC(=O)CCN3CCCC3)cc12. The first-order valence-electron chi connectivity index (χ1n) is 15.1. The van der Waals surface area contributed by atoms with Crippen LogP contribution in [-0.2, 0) is 9.59 Å². The third-order valence-electron chi connectivity index (χ3n) is 8.27. The topological polar surface area (TPSA) is 116 Å². The van der Waals surface area contributed by atoms with Crippen LogP contribution in [0.3, 0.4) is 0 Å². The summed E-state index contributed by atoms with van der Waals surface area (Å²) in [5, 5.41) is 11.4. The van der Waals surface area contributed by atoms with Crippen LogP contribution >= 0.6 is 0 Å². The normalized spacial score (nSPS) is 15.8. The quantitative estimate of drug-likeness (QED) is 0.147. The molecule has 2 amide bonds. The second-order valence-electron chi connectivity index (χ2n) is 11.4. The van der Waals surface area contributed by atoms with E-state index in [4.69, 9.17) is 10.7 Å². The summed E-state index contributed by atoms with van der Waals surface area (Å²) in [5.41, 5.74) is 11.5. The molecule has 0 saturated carbocycles. The van der Waals surface area contributed by atoms with Gasteiger partial charge < -0.3 is 31.5 Å². The lowest BCUT2D eigenvalue weighted by atomic mass is 10.1. The van der Waals surface area contributed by atoms with Gasteiger partial charge in [-0.3, -0.25) is 9.59 Å². The van der Waals surface area contributed by atoms with Gasteiger partial charge in [0, 0.05) is 48.1 Å². The number of aromatic nitrogens is 1. The van der Waals surface area contributed by atoms with Gasteiger partial charge in [-0.1, -0.05) is 12.1 Å². The molecule has 0 radical (unpaired) electrons. The molecule has 3 aromatic carbocycles. The first kappa shape index (κ1) is 27.9. The molecule has 42 heavy (non-hydrogen) atoms. The average Bonchev–Trinajstić information content (AvgIpc) is 3.71. The van der Waals surface area contributed by atoms with Gasteiger partial charge in [-0.2, -0.15) is 0 Å². The van der Waals surface area contributed by atoms with Crippen molar-refractivity contribution in [2.45, 2.75) is 38.5 Å². The van der Waals surface area contributed by atoms with Crippen LogP contribution in [0.25, 0.3) is 21.8 Å². The summed E-state index contributed by atoms with van der Waals surface area (Å²) in [6, 6.07) is 19.2. The molecule has 2 aliphatic rings. The van der Waals surface area contributed by atoms with Crippen molar-refractivity contribution in [3.8, 4) is 0 Å². The summed E-state index contributed by atoms with van der Waals surface area (Å²) in [5.74, 6) is 0.00415. The molecule has 0 bridgehead atoms. The number of anilines is 5. The summed E-state index contributed by atoms with van der Waals surface area (Å²) >= 11 is 0. The number of rotatable bonds is 10. The van der Waals surface area contributed by atoms with E-state index in [2.05, 4.69) is 25.8 Å². The van der Waals surface area contributed by atoms with Gasteiger partial charge in [0.2, 0.25) is 11.8 Å². The van der Waals surface area contributed by atoms with Crippen LogP contribution in [0.15, 0.2) is 60.7 Å². The molecule has 2 aliphatic heterocycles. The number of benzene rings is 3. The summed E-state index contributed by atoms with van der Waals surface area (Å²) in [6.07, 6.45) is 5.78. The highest BCUT2D eigenvalue weighted by Gasteiger charge is 2.17. The molecule has 218 valence electrons. The van der Waals surface area contributed by atoms with E-state index in [0.717, 1.165) is 78.1 Å². The highest BCUT2D eigenvalue weighted by atomic mass is 16.2. The molecule has 9 nitrogen and oxygen atoms in total. The Labute approximate surface area is 246 Å². The number of carbonyl (C=O) groups is 2. The molecule has 4 aromatic rings. The second kappa shape index (κ2) is 12.8. The van der Waals surface area contributed by atoms with Gasteiger partial charge in [0.25, 0.3) is 0 Å². The number of nitrogen functional groups attached to an aromatic ring is 1. The Kier molecular flexibility index (Phi) is 8.48. The zero-order valence-electron chi connectivity index (χ0n) is 24.0. The number of hydrogen-bond donors (Lipinski definition) is 4. The zero-order valence-corrected chi connectivity index (χ0v) is 24.0. The highest BCUT2D eigenvalue weighted by Crippen LogP contribution is 2.37. The molecule has 0 unspecified atom stereocenters. The summed E-state index contributed by atoms with van der Waals surface area (Å²) in [7, 11) is 0. The number of pyridine rings is 1. The van der Waals surface area contributed by atoms with E-state index in [0.29, 0.717) is 24.2 Å². The van der Waals surface area contributed by atoms with Crippen LogP contribution in [0.2, 0.25) is 0 Å². The van der Waals surface area contributed by atoms with Crippen LogP contribution in [0.4, 0.5) is 28.4 Å². The minimum atomic E-state index is 0.00178. The summed E-state index contributed by atoms with van der Waals surface area (Å²) in [4.78, 5) is 35.1. The molecule has 0 spiro atoms. The fraction of sp³-hybridized carbons (Fsp3) is 0.364. The molecule has 9 heteroatoms. The van der Waals surface area contributed by atoms with Crippen molar-refractivity contribution in [2.75, 3.05) is 61.0 Å². The Morgan fingerprint density at radius 3 is 1.95 bits per heavy atom. The Hall–Kier alpha value is -4.21. The molecule has 2 fully saturated rings. The number of carbonyl (C=O) groups excluding carboxylic acids is 2. The Morgan fingerprint density at radius 1 is 0.714 bits per heavy atom. The monoisotopic (exact) mass is 565 g/mol. The van der Waals surface area contributed by atoms with Crippen molar-refractivity contribution in [1.82, 2.24) is 14.8 Å². The Bertz CT molecular complexity index is 1590. The lowest BCUT2D eigenvalue weighted by molar-refractivity contribution is -0.117. The zero-order chi connectivity index (χ0) is 28.9. The maximum Gasteiger partial charge on any atom is 0.225 e. The molecule has 0 atom stereocenters. The third-order valence-corrected chi connectivity index (χ3v) is 8.27. The van der Waals surface area contributed by atoms with Crippen LogP contribution in [-0.4, -0.2) is 65.9 Å². The van der Waals surface area contributed by atoms with E-state index in [9.17, 15) is 9.59 Å². The number of hydrogen-bond acceptors (Lipinski definition) is 7. The number of nitrogens with zero attached hydrogens (tertiary/aromatic N) is 3. The van der Waals surface area contributed by atoms with Gasteiger partial charge in [0.1, 0.15) is 0 Å². The first-order chi connectivity index (χ1) is 20.5. The molecule has 2 saturated heterocycles. The smallest absolute Gasteiger partial charge is 0.225 e. The number of likely N-dealkylation sites (tertiary alicyclic amines) is 2. The molecule has 5 N–H and O–H groups in total. The summed E-state index contributed by atoms with van der Waals surface area (Å²) < 4.78 is 0. The van der Waals surface area contributed by atoms with Crippen LogP contribution in [0, 0.1) is 0 Å². The second-order valence-corrected chi connectivity index (χ2v) is 11.4. The number of fused-ring (bicyclic) bond motifs is 2. The van der Waals surface area contributed by atoms with Crippen molar-refractivity contribution in [2.24, 2.45) is 0 Å². The van der Waals surface area contributed by atoms with Crippen molar-refractivity contribution in [1.29, 1.82) is 0 Å². The number of amides is 2. The summed E-state index contributed by atoms with van der Waals surface area (Å²) in [6.45, 7) is 5.86. The predicted molar refractivity (Wildman–Crippen MR) is 171 cm³/mol. The molecule has 1 aromatic heterocycles. The highest BCUT2D eigenvalue weighted by molar-refractivity contribution is 6.11. The lowest BCUT2D eigenvalue weighted by Gasteiger charge is -2.17. The predicted octanol–water partition coefficient (Wildman–Crippen LogP) is 5.56. The van der Waals surface area contributed by atoms with Gasteiger partial charge in [-0.25, -0.2) is 4.98 Å². The Balaban J connectivity index is 1.27. The lowest BCUT2D eigenvalue weighted by Crippen LogP contribution is -2.25. The number of nitrogens with two attached hydrogens (primary N) is 1. The van der Waals surface area contributed by atoms with E-state index >= 15 is 0 Å².